The minimum absolute atomic E-state index is 0.0423. The summed E-state index contributed by atoms with van der Waals surface area (Å²) < 4.78 is 142. The molecule has 358 valence electrons. The van der Waals surface area contributed by atoms with Gasteiger partial charge in [0.1, 0.15) is 16.3 Å². The smallest absolute Gasteiger partial charge is 0.295 e. The van der Waals surface area contributed by atoms with E-state index in [9.17, 15) is 56.7 Å². The molecule has 0 unspecified atom stereocenters. The van der Waals surface area contributed by atoms with E-state index in [1.165, 1.54) is 24.3 Å². The summed E-state index contributed by atoms with van der Waals surface area (Å²) in [6.45, 7) is 10.9. The quantitative estimate of drug-likeness (QED) is 0.0122. The number of carbonyl (C=O) groups is 1. The first kappa shape index (κ1) is 50.9. The lowest BCUT2D eigenvalue weighted by Gasteiger charge is -2.26. The lowest BCUT2D eigenvalue weighted by atomic mass is 9.79. The number of hydrogen-bond donors (Lipinski definition) is 5. The van der Waals surface area contributed by atoms with Crippen LogP contribution in [0.25, 0.3) is 32.0 Å². The minimum atomic E-state index is -4.97. The molecule has 0 atom stereocenters. The van der Waals surface area contributed by atoms with Crippen LogP contribution in [0.4, 0.5) is 11.4 Å². The van der Waals surface area contributed by atoms with Gasteiger partial charge < -0.3 is 10.2 Å². The maximum absolute atomic E-state index is 12.6. The Kier molecular flexibility index (Phi) is 14.4. The van der Waals surface area contributed by atoms with Crippen LogP contribution in [0.3, 0.4) is 0 Å². The molecule has 0 fully saturated rings. The highest BCUT2D eigenvalue weighted by molar-refractivity contribution is 7.87. The van der Waals surface area contributed by atoms with Crippen molar-refractivity contribution in [2.75, 3.05) is 31.1 Å². The Balaban J connectivity index is 1.38. The van der Waals surface area contributed by atoms with E-state index < -0.39 is 70.9 Å². The fourth-order valence-corrected chi connectivity index (χ4v) is 11.9. The van der Waals surface area contributed by atoms with Gasteiger partial charge in [0.15, 0.2) is 5.71 Å². The van der Waals surface area contributed by atoms with Crippen molar-refractivity contribution in [3.05, 3.63) is 106 Å². The second-order valence-electron chi connectivity index (χ2n) is 17.1. The number of anilines is 1. The molecule has 6 rings (SSSR count). The van der Waals surface area contributed by atoms with E-state index >= 15 is 0 Å². The number of benzene rings is 4. The molecule has 0 spiro atoms. The summed E-state index contributed by atoms with van der Waals surface area (Å²) in [4.78, 5) is 14.3. The topological polar surface area (TPSA) is 302 Å². The van der Waals surface area contributed by atoms with E-state index in [4.69, 9.17) is 5.53 Å². The Morgan fingerprint density at radius 1 is 0.731 bits per heavy atom. The number of amides is 1. The van der Waals surface area contributed by atoms with E-state index in [0.29, 0.717) is 80.0 Å². The van der Waals surface area contributed by atoms with Crippen molar-refractivity contribution in [3.8, 4) is 0 Å². The molecular formula is C44H51N6O13S4+. The Hall–Kier alpha value is -5.49. The molecule has 1 amide bonds. The van der Waals surface area contributed by atoms with E-state index in [1.807, 2.05) is 56.2 Å². The van der Waals surface area contributed by atoms with Crippen LogP contribution in [0.1, 0.15) is 77.8 Å². The number of carbonyl (C=O) groups excluding carboxylic acids is 1. The highest BCUT2D eigenvalue weighted by atomic mass is 32.2. The Morgan fingerprint density at radius 3 is 1.87 bits per heavy atom. The molecule has 0 saturated heterocycles. The van der Waals surface area contributed by atoms with Gasteiger partial charge in [0.25, 0.3) is 40.5 Å². The van der Waals surface area contributed by atoms with Gasteiger partial charge in [0.05, 0.1) is 15.2 Å². The van der Waals surface area contributed by atoms with Crippen LogP contribution in [0.5, 0.6) is 0 Å². The molecular weight excluding hydrogens is 949 g/mol. The van der Waals surface area contributed by atoms with Gasteiger partial charge in [-0.05, 0) is 104 Å². The van der Waals surface area contributed by atoms with Crippen molar-refractivity contribution in [3.63, 3.8) is 0 Å². The standard InChI is InChI=1S/C44H50N6O13S4/c1-6-49-34-19-17-30-32(24-28(64(52,53)54)26-36(30)66(58,59)60)41(34)43(2,3)38(49)14-9-7-10-15-39-44(4,5)42-33-25-29(65(55,56)57)27-37(67(61,62)63)31(33)18-20-35(42)50(39)23-12-8-11-16-40(51)46-21-13-22-47-48-45/h7,9-10,14-15,17-20,24-27H,6,8,11-13,16,21-23H2,1-5H3,(H4-,46,51,52,53,54,55,56,57,58,59,60,61,62,63)/p+1. The molecule has 4 aromatic carbocycles. The van der Waals surface area contributed by atoms with E-state index in [2.05, 4.69) is 15.3 Å². The lowest BCUT2D eigenvalue weighted by molar-refractivity contribution is -0.438. The predicted molar refractivity (Wildman–Crippen MR) is 252 cm³/mol. The van der Waals surface area contributed by atoms with Gasteiger partial charge in [-0.1, -0.05) is 43.3 Å². The maximum Gasteiger partial charge on any atom is 0.295 e. The number of unbranched alkanes of at least 4 members (excludes halogenated alkanes) is 2. The third kappa shape index (κ3) is 10.3. The van der Waals surface area contributed by atoms with Crippen molar-refractivity contribution in [1.82, 2.24) is 5.32 Å². The second-order valence-corrected chi connectivity index (χ2v) is 22.8. The molecule has 5 N–H and O–H groups in total. The van der Waals surface area contributed by atoms with Gasteiger partial charge in [-0.15, -0.1) is 0 Å². The van der Waals surface area contributed by atoms with Crippen LogP contribution >= 0.6 is 0 Å². The third-order valence-electron chi connectivity index (χ3n) is 12.1. The average Bonchev–Trinajstić information content (AvgIpc) is 3.59. The molecule has 0 aliphatic carbocycles. The molecule has 2 aliphatic heterocycles. The largest absolute Gasteiger partial charge is 0.356 e. The fourth-order valence-electron chi connectivity index (χ4n) is 9.18. The van der Waals surface area contributed by atoms with E-state index in [-0.39, 0.29) is 40.4 Å². The van der Waals surface area contributed by atoms with Crippen molar-refractivity contribution in [2.45, 2.75) is 97.1 Å². The molecule has 2 heterocycles. The lowest BCUT2D eigenvalue weighted by Crippen LogP contribution is -2.28. The highest BCUT2D eigenvalue weighted by Gasteiger charge is 2.46. The monoisotopic (exact) mass is 999 g/mol. The number of allylic oxidation sites excluding steroid dienone is 6. The Bertz CT molecular complexity index is 3350. The van der Waals surface area contributed by atoms with Crippen molar-refractivity contribution >= 4 is 85.0 Å². The van der Waals surface area contributed by atoms with Crippen LogP contribution in [0.15, 0.2) is 109 Å². The van der Waals surface area contributed by atoms with Crippen molar-refractivity contribution in [1.29, 1.82) is 0 Å². The van der Waals surface area contributed by atoms with E-state index in [0.717, 1.165) is 11.4 Å². The zero-order valence-electron chi connectivity index (χ0n) is 37.2. The van der Waals surface area contributed by atoms with Gasteiger partial charge in [0.2, 0.25) is 11.6 Å². The highest BCUT2D eigenvalue weighted by Crippen LogP contribution is 2.52. The summed E-state index contributed by atoms with van der Waals surface area (Å²) in [6, 6.07) is 10.1. The molecule has 0 saturated carbocycles. The number of rotatable bonds is 18. The zero-order chi connectivity index (χ0) is 49.5. The molecule has 0 radical (unpaired) electrons. The normalized spacial score (nSPS) is 16.7. The van der Waals surface area contributed by atoms with Gasteiger partial charge in [-0.3, -0.25) is 23.0 Å². The van der Waals surface area contributed by atoms with Crippen LogP contribution in [-0.2, 0) is 56.1 Å². The van der Waals surface area contributed by atoms with Crippen molar-refractivity contribution < 1.29 is 61.3 Å². The molecule has 0 bridgehead atoms. The number of likely N-dealkylation sites (N-methyl/N-ethyl adjacent to an activating group) is 1. The number of azide groups is 1. The number of nitrogens with one attached hydrogen (secondary N) is 1. The molecule has 23 heteroatoms. The molecule has 0 aromatic heterocycles. The maximum atomic E-state index is 12.6. The van der Waals surface area contributed by atoms with Gasteiger partial charge in [0, 0.05) is 82.7 Å². The summed E-state index contributed by atoms with van der Waals surface area (Å²) in [5, 5.41) is 6.75. The number of fused-ring (bicyclic) bond motifs is 6. The summed E-state index contributed by atoms with van der Waals surface area (Å²) in [7, 11) is -19.7. The number of hydrogen-bond acceptors (Lipinski definition) is 11. The Labute approximate surface area is 389 Å². The molecule has 19 nitrogen and oxygen atoms in total. The molecule has 67 heavy (non-hydrogen) atoms. The van der Waals surface area contributed by atoms with Crippen molar-refractivity contribution in [2.24, 2.45) is 5.11 Å². The van der Waals surface area contributed by atoms with Gasteiger partial charge in [-0.25, -0.2) is 0 Å². The third-order valence-corrected chi connectivity index (χ3v) is 15.5. The van der Waals surface area contributed by atoms with Crippen LogP contribution < -0.4 is 10.2 Å². The minimum Gasteiger partial charge on any atom is -0.356 e. The van der Waals surface area contributed by atoms with E-state index in [1.54, 1.807) is 30.4 Å². The SMILES string of the molecule is CCN1\C(=C/C=C/C=C/C2=[N+](CCCCCC(=O)NCCCN=[N+]=[N-])c3ccc4c(S(=O)(=O)O)cc(S(=O)(=O)O)cc4c3C2(C)C)C(C)(C)c2c1ccc1c(S(=O)(=O)O)cc(S(=O)(=O)O)cc21. The van der Waals surface area contributed by atoms with Crippen LogP contribution in [-0.4, -0.2) is 94.3 Å². The second kappa shape index (κ2) is 18.9. The molecule has 4 aromatic rings. The van der Waals surface area contributed by atoms with Crippen LogP contribution in [0.2, 0.25) is 0 Å². The van der Waals surface area contributed by atoms with Crippen LogP contribution in [0, 0.1) is 0 Å². The summed E-state index contributed by atoms with van der Waals surface area (Å²) in [5.41, 5.74) is 10.5. The average molecular weight is 1000 g/mol. The summed E-state index contributed by atoms with van der Waals surface area (Å²) in [5.74, 6) is -0.140. The number of nitrogens with zero attached hydrogens (tertiary/aromatic N) is 5. The fraction of sp³-hybridized carbons (Fsp3) is 0.364. The zero-order valence-corrected chi connectivity index (χ0v) is 40.5. The Morgan fingerprint density at radius 2 is 1.31 bits per heavy atom. The van der Waals surface area contributed by atoms with Gasteiger partial charge in [-0.2, -0.15) is 38.2 Å². The van der Waals surface area contributed by atoms with Gasteiger partial charge >= 0.3 is 0 Å². The molecule has 2 aliphatic rings. The first-order chi connectivity index (χ1) is 31.1. The predicted octanol–water partition coefficient (Wildman–Crippen LogP) is 7.55. The first-order valence-corrected chi connectivity index (χ1v) is 26.8. The first-order valence-electron chi connectivity index (χ1n) is 21.0. The summed E-state index contributed by atoms with van der Waals surface area (Å²) >= 11 is 0. The summed E-state index contributed by atoms with van der Waals surface area (Å²) in [6.07, 6.45) is 11.6.